The van der Waals surface area contributed by atoms with Crippen molar-refractivity contribution in [3.8, 4) is 0 Å². The lowest BCUT2D eigenvalue weighted by molar-refractivity contribution is 0.00578. The van der Waals surface area contributed by atoms with E-state index in [1.807, 2.05) is 58.0 Å². The van der Waals surface area contributed by atoms with Crippen LogP contribution in [0.5, 0.6) is 0 Å². The molecule has 3 nitrogen and oxygen atoms in total. The molecule has 1 N–H and O–H groups in total. The van der Waals surface area contributed by atoms with Crippen molar-refractivity contribution in [3.63, 3.8) is 0 Å². The normalized spacial score (nSPS) is 20.9. The molecule has 0 saturated carbocycles. The van der Waals surface area contributed by atoms with E-state index in [-0.39, 0.29) is 6.61 Å². The Bertz CT molecular complexity index is 524. The number of halogens is 1. The van der Waals surface area contributed by atoms with Crippen molar-refractivity contribution in [2.45, 2.75) is 44.8 Å². The molecule has 114 valence electrons. The van der Waals surface area contributed by atoms with Crippen LogP contribution in [0.2, 0.25) is 0 Å². The van der Waals surface area contributed by atoms with E-state index >= 15 is 0 Å². The molecule has 1 aliphatic heterocycles. The molecular weight excluding hydrogens is 286 g/mol. The average molecular weight is 309 g/mol. The maximum absolute atomic E-state index is 9.66. The van der Waals surface area contributed by atoms with Gasteiger partial charge in [0.25, 0.3) is 0 Å². The summed E-state index contributed by atoms with van der Waals surface area (Å²) < 4.78 is 11.9. The van der Waals surface area contributed by atoms with E-state index < -0.39 is 18.3 Å². The number of hydrogen-bond donors (Lipinski definition) is 1. The third kappa shape index (κ3) is 3.51. The van der Waals surface area contributed by atoms with E-state index in [4.69, 9.17) is 20.9 Å². The molecule has 0 amide bonds. The SMILES string of the molecule is CC1(C)OB(C(=Cc2cccc(CCl)c2)CO)OC1(C)C. The quantitative estimate of drug-likeness (QED) is 0.684. The molecule has 0 bridgehead atoms. The Morgan fingerprint density at radius 3 is 2.38 bits per heavy atom. The molecule has 0 aliphatic carbocycles. The van der Waals surface area contributed by atoms with Crippen molar-refractivity contribution in [2.75, 3.05) is 6.61 Å². The van der Waals surface area contributed by atoms with Crippen molar-refractivity contribution in [3.05, 3.63) is 40.9 Å². The first-order valence-electron chi connectivity index (χ1n) is 7.11. The summed E-state index contributed by atoms with van der Waals surface area (Å²) in [5.41, 5.74) is 1.90. The lowest BCUT2D eigenvalue weighted by Crippen LogP contribution is -2.41. The van der Waals surface area contributed by atoms with Gasteiger partial charge < -0.3 is 14.4 Å². The monoisotopic (exact) mass is 308 g/mol. The smallest absolute Gasteiger partial charge is 0.400 e. The summed E-state index contributed by atoms with van der Waals surface area (Å²) >= 11 is 5.85. The molecule has 1 fully saturated rings. The molecule has 0 atom stereocenters. The molecule has 0 spiro atoms. The minimum Gasteiger partial charge on any atom is -0.400 e. The van der Waals surface area contributed by atoms with Crippen molar-refractivity contribution in [2.24, 2.45) is 0 Å². The molecule has 1 aromatic carbocycles. The molecule has 5 heteroatoms. The third-order valence-corrected chi connectivity index (χ3v) is 4.50. The van der Waals surface area contributed by atoms with Crippen LogP contribution in [-0.4, -0.2) is 30.0 Å². The number of aliphatic hydroxyl groups excluding tert-OH is 1. The van der Waals surface area contributed by atoms with Crippen molar-refractivity contribution >= 4 is 24.8 Å². The lowest BCUT2D eigenvalue weighted by atomic mass is 9.77. The van der Waals surface area contributed by atoms with E-state index in [0.29, 0.717) is 11.4 Å². The van der Waals surface area contributed by atoms with Gasteiger partial charge in [-0.1, -0.05) is 30.3 Å². The number of hydrogen-bond acceptors (Lipinski definition) is 3. The summed E-state index contributed by atoms with van der Waals surface area (Å²) in [6.45, 7) is 7.88. The van der Waals surface area contributed by atoms with E-state index in [1.165, 1.54) is 0 Å². The highest BCUT2D eigenvalue weighted by atomic mass is 35.5. The Balaban J connectivity index is 2.26. The summed E-state index contributed by atoms with van der Waals surface area (Å²) in [7, 11) is -0.528. The van der Waals surface area contributed by atoms with Crippen molar-refractivity contribution in [1.82, 2.24) is 0 Å². The maximum Gasteiger partial charge on any atom is 0.492 e. The number of rotatable bonds is 4. The Labute approximate surface area is 132 Å². The fourth-order valence-electron chi connectivity index (χ4n) is 2.16. The highest BCUT2D eigenvalue weighted by molar-refractivity contribution is 6.55. The van der Waals surface area contributed by atoms with Gasteiger partial charge in [0.1, 0.15) is 0 Å². The summed E-state index contributed by atoms with van der Waals surface area (Å²) in [5.74, 6) is 0.465. The summed E-state index contributed by atoms with van der Waals surface area (Å²) in [4.78, 5) is 0. The summed E-state index contributed by atoms with van der Waals surface area (Å²) in [6, 6.07) is 7.88. The van der Waals surface area contributed by atoms with Gasteiger partial charge in [-0.2, -0.15) is 0 Å². The van der Waals surface area contributed by atoms with Crippen LogP contribution in [0.15, 0.2) is 29.7 Å². The molecule has 2 rings (SSSR count). The fourth-order valence-corrected chi connectivity index (χ4v) is 2.33. The Kier molecular flexibility index (Phi) is 4.84. The van der Waals surface area contributed by atoms with Crippen molar-refractivity contribution < 1.29 is 14.4 Å². The second kappa shape index (κ2) is 6.13. The third-order valence-electron chi connectivity index (χ3n) is 4.20. The minimum absolute atomic E-state index is 0.109. The molecule has 0 radical (unpaired) electrons. The van der Waals surface area contributed by atoms with Gasteiger partial charge in [-0.05, 0) is 44.3 Å². The van der Waals surface area contributed by atoms with Gasteiger partial charge >= 0.3 is 7.12 Å². The molecular formula is C16H22BClO3. The number of benzene rings is 1. The van der Waals surface area contributed by atoms with Crippen LogP contribution in [0.1, 0.15) is 38.8 Å². The van der Waals surface area contributed by atoms with Gasteiger partial charge in [0.15, 0.2) is 0 Å². The van der Waals surface area contributed by atoms with Crippen LogP contribution in [0.3, 0.4) is 0 Å². The van der Waals surface area contributed by atoms with E-state index in [2.05, 4.69) is 0 Å². The molecule has 0 unspecified atom stereocenters. The summed E-state index contributed by atoms with van der Waals surface area (Å²) in [6.07, 6.45) is 1.90. The molecule has 1 heterocycles. The number of alkyl halides is 1. The zero-order chi connectivity index (χ0) is 15.7. The standard InChI is InChI=1S/C16H22BClO3/c1-15(2)16(3,4)21-17(20-15)14(11-19)9-12-6-5-7-13(8-12)10-18/h5-9,19H,10-11H2,1-4H3. The minimum atomic E-state index is -0.528. The molecule has 1 saturated heterocycles. The van der Waals surface area contributed by atoms with Gasteiger partial charge in [0, 0.05) is 5.88 Å². The van der Waals surface area contributed by atoms with E-state index in [1.54, 1.807) is 0 Å². The average Bonchev–Trinajstić information content (AvgIpc) is 2.65. The predicted molar refractivity (Wildman–Crippen MR) is 87.1 cm³/mol. The predicted octanol–water partition coefficient (Wildman–Crippen LogP) is 3.43. The van der Waals surface area contributed by atoms with E-state index in [9.17, 15) is 5.11 Å². The first-order chi connectivity index (χ1) is 9.79. The summed E-state index contributed by atoms with van der Waals surface area (Å²) in [5, 5.41) is 9.66. The Morgan fingerprint density at radius 1 is 1.24 bits per heavy atom. The number of aliphatic hydroxyl groups is 1. The zero-order valence-electron chi connectivity index (χ0n) is 13.0. The van der Waals surface area contributed by atoms with Crippen LogP contribution < -0.4 is 0 Å². The fraction of sp³-hybridized carbons (Fsp3) is 0.500. The van der Waals surface area contributed by atoms with Gasteiger partial charge in [0.05, 0.1) is 17.8 Å². The van der Waals surface area contributed by atoms with Gasteiger partial charge in [0.2, 0.25) is 0 Å². The van der Waals surface area contributed by atoms with Crippen LogP contribution in [0.25, 0.3) is 6.08 Å². The van der Waals surface area contributed by atoms with E-state index in [0.717, 1.165) is 11.1 Å². The van der Waals surface area contributed by atoms with Crippen LogP contribution in [-0.2, 0) is 15.2 Å². The van der Waals surface area contributed by atoms with Crippen LogP contribution >= 0.6 is 11.6 Å². The first-order valence-corrected chi connectivity index (χ1v) is 7.64. The van der Waals surface area contributed by atoms with Crippen LogP contribution in [0, 0.1) is 0 Å². The van der Waals surface area contributed by atoms with Crippen molar-refractivity contribution in [1.29, 1.82) is 0 Å². The van der Waals surface area contributed by atoms with Crippen LogP contribution in [0.4, 0.5) is 0 Å². The molecule has 1 aromatic rings. The van der Waals surface area contributed by atoms with Gasteiger partial charge in [-0.3, -0.25) is 0 Å². The highest BCUT2D eigenvalue weighted by Crippen LogP contribution is 2.38. The molecule has 21 heavy (non-hydrogen) atoms. The maximum atomic E-state index is 9.66. The lowest BCUT2D eigenvalue weighted by Gasteiger charge is -2.32. The Hall–Kier alpha value is -0.805. The second-order valence-electron chi connectivity index (χ2n) is 6.34. The largest absolute Gasteiger partial charge is 0.492 e. The van der Waals surface area contributed by atoms with Gasteiger partial charge in [-0.25, -0.2) is 0 Å². The zero-order valence-corrected chi connectivity index (χ0v) is 13.8. The first kappa shape index (κ1) is 16.6. The topological polar surface area (TPSA) is 38.7 Å². The Morgan fingerprint density at radius 2 is 1.86 bits per heavy atom. The molecule has 1 aliphatic rings. The highest BCUT2D eigenvalue weighted by Gasteiger charge is 2.52. The van der Waals surface area contributed by atoms with Gasteiger partial charge in [-0.15, -0.1) is 11.6 Å². The second-order valence-corrected chi connectivity index (χ2v) is 6.61. The molecule has 0 aromatic heterocycles.